The number of rotatable bonds is 6. The van der Waals surface area contributed by atoms with Gasteiger partial charge in [0, 0.05) is 24.8 Å². The summed E-state index contributed by atoms with van der Waals surface area (Å²) in [5.41, 5.74) is 6.32. The summed E-state index contributed by atoms with van der Waals surface area (Å²) in [6.07, 6.45) is 3.29. The van der Waals surface area contributed by atoms with Gasteiger partial charge in [0.15, 0.2) is 0 Å². The fourth-order valence-corrected chi connectivity index (χ4v) is 2.46. The molecule has 0 amide bonds. The first-order chi connectivity index (χ1) is 9.65. The van der Waals surface area contributed by atoms with E-state index < -0.39 is 0 Å². The summed E-state index contributed by atoms with van der Waals surface area (Å²) in [5.74, 6) is 0. The highest BCUT2D eigenvalue weighted by molar-refractivity contribution is 5.69. The normalized spacial score (nSPS) is 11.0. The lowest BCUT2D eigenvalue weighted by Crippen LogP contribution is -2.11. The van der Waals surface area contributed by atoms with Crippen molar-refractivity contribution in [2.75, 3.05) is 6.54 Å². The number of nitrogens with one attached hydrogen (secondary N) is 1. The molecule has 0 fully saturated rings. The van der Waals surface area contributed by atoms with Gasteiger partial charge in [-0.3, -0.25) is 4.68 Å². The first-order valence-electron chi connectivity index (χ1n) is 7.50. The van der Waals surface area contributed by atoms with E-state index in [4.69, 9.17) is 0 Å². The van der Waals surface area contributed by atoms with Crippen LogP contribution in [-0.2, 0) is 13.1 Å². The Labute approximate surface area is 122 Å². The number of hydrogen-bond acceptors (Lipinski definition) is 2. The van der Waals surface area contributed by atoms with Crippen molar-refractivity contribution >= 4 is 0 Å². The van der Waals surface area contributed by atoms with Crippen LogP contribution in [0.5, 0.6) is 0 Å². The molecule has 20 heavy (non-hydrogen) atoms. The van der Waals surface area contributed by atoms with Crippen molar-refractivity contribution in [3.63, 3.8) is 0 Å². The zero-order valence-electron chi connectivity index (χ0n) is 13.0. The fraction of sp³-hybridized carbons (Fsp3) is 0.471. The Morgan fingerprint density at radius 3 is 2.65 bits per heavy atom. The molecule has 0 radical (unpaired) electrons. The van der Waals surface area contributed by atoms with Crippen LogP contribution in [0.25, 0.3) is 11.1 Å². The maximum absolute atomic E-state index is 4.61. The van der Waals surface area contributed by atoms with Crippen LogP contribution in [0.2, 0.25) is 0 Å². The molecule has 1 aromatic carbocycles. The van der Waals surface area contributed by atoms with E-state index in [-0.39, 0.29) is 0 Å². The molecule has 2 rings (SSSR count). The molecular formula is C17H25N3. The number of nitrogens with zero attached hydrogens (tertiary/aromatic N) is 2. The molecule has 0 spiro atoms. The van der Waals surface area contributed by atoms with Crippen molar-refractivity contribution in [1.29, 1.82) is 0 Å². The predicted octanol–water partition coefficient (Wildman–Crippen LogP) is 3.69. The van der Waals surface area contributed by atoms with Gasteiger partial charge in [-0.15, -0.1) is 0 Å². The van der Waals surface area contributed by atoms with Gasteiger partial charge in [-0.1, -0.05) is 26.0 Å². The van der Waals surface area contributed by atoms with E-state index in [0.29, 0.717) is 0 Å². The maximum atomic E-state index is 4.61. The van der Waals surface area contributed by atoms with Gasteiger partial charge in [-0.25, -0.2) is 0 Å². The van der Waals surface area contributed by atoms with Crippen molar-refractivity contribution in [1.82, 2.24) is 15.1 Å². The summed E-state index contributed by atoms with van der Waals surface area (Å²) in [6, 6.07) is 6.70. The smallest absolute Gasteiger partial charge is 0.0672 e. The van der Waals surface area contributed by atoms with Gasteiger partial charge in [-0.05, 0) is 49.6 Å². The van der Waals surface area contributed by atoms with E-state index in [0.717, 1.165) is 31.7 Å². The van der Waals surface area contributed by atoms with Crippen molar-refractivity contribution in [2.24, 2.45) is 0 Å². The second-order valence-corrected chi connectivity index (χ2v) is 5.32. The molecule has 1 heterocycles. The van der Waals surface area contributed by atoms with Crippen LogP contribution in [0, 0.1) is 13.8 Å². The molecule has 3 nitrogen and oxygen atoms in total. The quantitative estimate of drug-likeness (QED) is 0.868. The Morgan fingerprint density at radius 1 is 1.15 bits per heavy atom. The molecule has 1 N–H and O–H groups in total. The first-order valence-corrected chi connectivity index (χ1v) is 7.50. The lowest BCUT2D eigenvalue weighted by atomic mass is 9.98. The molecule has 1 aromatic heterocycles. The molecule has 0 aliphatic carbocycles. The second kappa shape index (κ2) is 6.71. The van der Waals surface area contributed by atoms with Crippen molar-refractivity contribution < 1.29 is 0 Å². The summed E-state index contributed by atoms with van der Waals surface area (Å²) in [6.45, 7) is 11.5. The van der Waals surface area contributed by atoms with E-state index in [1.807, 2.05) is 0 Å². The lowest BCUT2D eigenvalue weighted by molar-refractivity contribution is 0.598. The highest BCUT2D eigenvalue weighted by Gasteiger charge is 2.10. The van der Waals surface area contributed by atoms with Crippen LogP contribution >= 0.6 is 0 Å². The summed E-state index contributed by atoms with van der Waals surface area (Å²) in [7, 11) is 0. The third kappa shape index (κ3) is 3.28. The topological polar surface area (TPSA) is 29.9 Å². The summed E-state index contributed by atoms with van der Waals surface area (Å²) in [4.78, 5) is 0. The minimum Gasteiger partial charge on any atom is -0.313 e. The van der Waals surface area contributed by atoms with Crippen LogP contribution in [0.15, 0.2) is 24.4 Å². The first kappa shape index (κ1) is 14.8. The molecule has 0 saturated carbocycles. The van der Waals surface area contributed by atoms with Crippen LogP contribution in [0.4, 0.5) is 0 Å². The van der Waals surface area contributed by atoms with Crippen molar-refractivity contribution in [2.45, 2.75) is 47.2 Å². The van der Waals surface area contributed by atoms with Gasteiger partial charge in [0.05, 0.1) is 5.69 Å². The van der Waals surface area contributed by atoms with E-state index in [1.165, 1.54) is 22.3 Å². The molecule has 0 unspecified atom stereocenters. The van der Waals surface area contributed by atoms with E-state index in [2.05, 4.69) is 67.2 Å². The van der Waals surface area contributed by atoms with E-state index in [9.17, 15) is 0 Å². The van der Waals surface area contributed by atoms with Gasteiger partial charge in [-0.2, -0.15) is 5.10 Å². The summed E-state index contributed by atoms with van der Waals surface area (Å²) < 4.78 is 2.06. The Hall–Kier alpha value is -1.61. The SMILES string of the molecule is CCCn1cc(-c2cc(CNCC)ccc2C)c(C)n1. The zero-order chi connectivity index (χ0) is 14.5. The number of benzene rings is 1. The van der Waals surface area contributed by atoms with Crippen molar-refractivity contribution in [3.8, 4) is 11.1 Å². The van der Waals surface area contributed by atoms with E-state index >= 15 is 0 Å². The Morgan fingerprint density at radius 2 is 1.95 bits per heavy atom. The molecule has 0 aliphatic heterocycles. The maximum Gasteiger partial charge on any atom is 0.0672 e. The minimum absolute atomic E-state index is 0.923. The highest BCUT2D eigenvalue weighted by atomic mass is 15.3. The molecule has 2 aromatic rings. The predicted molar refractivity (Wildman–Crippen MR) is 84.8 cm³/mol. The average molecular weight is 271 g/mol. The standard InChI is InChI=1S/C17H25N3/c1-5-9-20-12-17(14(4)19-20)16-10-15(11-18-6-2)8-7-13(16)3/h7-8,10,12,18H,5-6,9,11H2,1-4H3. The molecule has 0 bridgehead atoms. The van der Waals surface area contributed by atoms with Gasteiger partial charge in [0.25, 0.3) is 0 Å². The second-order valence-electron chi connectivity index (χ2n) is 5.32. The molecular weight excluding hydrogens is 246 g/mol. The number of hydrogen-bond donors (Lipinski definition) is 1. The van der Waals surface area contributed by atoms with Gasteiger partial charge in [0.2, 0.25) is 0 Å². The van der Waals surface area contributed by atoms with Crippen LogP contribution < -0.4 is 5.32 Å². The number of aromatic nitrogens is 2. The lowest BCUT2D eigenvalue weighted by Gasteiger charge is -2.09. The summed E-state index contributed by atoms with van der Waals surface area (Å²) >= 11 is 0. The van der Waals surface area contributed by atoms with Gasteiger partial charge in [0.1, 0.15) is 0 Å². The molecule has 3 heteroatoms. The minimum atomic E-state index is 0.923. The monoisotopic (exact) mass is 271 g/mol. The van der Waals surface area contributed by atoms with Gasteiger partial charge < -0.3 is 5.32 Å². The third-order valence-electron chi connectivity index (χ3n) is 3.57. The largest absolute Gasteiger partial charge is 0.313 e. The Kier molecular flexibility index (Phi) is 4.96. The van der Waals surface area contributed by atoms with E-state index in [1.54, 1.807) is 0 Å². The highest BCUT2D eigenvalue weighted by Crippen LogP contribution is 2.27. The van der Waals surface area contributed by atoms with Crippen LogP contribution in [0.1, 0.15) is 37.1 Å². The molecule has 0 saturated heterocycles. The van der Waals surface area contributed by atoms with Crippen molar-refractivity contribution in [3.05, 3.63) is 41.2 Å². The van der Waals surface area contributed by atoms with Crippen LogP contribution in [0.3, 0.4) is 0 Å². The Balaban J connectivity index is 2.35. The molecule has 0 atom stereocenters. The summed E-state index contributed by atoms with van der Waals surface area (Å²) in [5, 5.41) is 7.99. The van der Waals surface area contributed by atoms with Crippen LogP contribution in [-0.4, -0.2) is 16.3 Å². The van der Waals surface area contributed by atoms with Gasteiger partial charge >= 0.3 is 0 Å². The number of aryl methyl sites for hydroxylation is 3. The Bertz CT molecular complexity index is 570. The molecule has 108 valence electrons. The third-order valence-corrected chi connectivity index (χ3v) is 3.57. The zero-order valence-corrected chi connectivity index (χ0v) is 13.0. The molecule has 0 aliphatic rings. The fourth-order valence-electron chi connectivity index (χ4n) is 2.46. The average Bonchev–Trinajstić information content (AvgIpc) is 2.79.